The number of amides is 1. The highest BCUT2D eigenvalue weighted by Crippen LogP contribution is 2.29. The molecular weight excluding hydrogens is 398 g/mol. The molecule has 1 saturated heterocycles. The highest BCUT2D eigenvalue weighted by Gasteiger charge is 2.36. The number of carbonyl (C=O) groups is 1. The SMILES string of the molecule is COc1ccc(CNC2=NCC3CN(C(=O)OC(C)(C)C)CCN23)cc1OC(F)F. The summed E-state index contributed by atoms with van der Waals surface area (Å²) in [6.45, 7) is 5.29. The summed E-state index contributed by atoms with van der Waals surface area (Å²) >= 11 is 0. The number of ether oxygens (including phenoxy) is 3. The first-order chi connectivity index (χ1) is 14.2. The quantitative estimate of drug-likeness (QED) is 0.780. The summed E-state index contributed by atoms with van der Waals surface area (Å²) in [4.78, 5) is 20.7. The molecule has 2 aliphatic rings. The molecule has 1 amide bonds. The van der Waals surface area contributed by atoms with Crippen LogP contribution in [0.1, 0.15) is 26.3 Å². The molecule has 2 heterocycles. The molecule has 1 N–H and O–H groups in total. The number of benzene rings is 1. The Morgan fingerprint density at radius 2 is 2.07 bits per heavy atom. The fourth-order valence-electron chi connectivity index (χ4n) is 3.42. The number of nitrogens with one attached hydrogen (secondary N) is 1. The summed E-state index contributed by atoms with van der Waals surface area (Å²) in [6.07, 6.45) is -0.312. The normalized spacial score (nSPS) is 18.8. The smallest absolute Gasteiger partial charge is 0.410 e. The lowest BCUT2D eigenvalue weighted by Gasteiger charge is -2.39. The lowest BCUT2D eigenvalue weighted by atomic mass is 10.2. The molecule has 166 valence electrons. The van der Waals surface area contributed by atoms with E-state index in [9.17, 15) is 13.6 Å². The zero-order valence-electron chi connectivity index (χ0n) is 17.7. The topological polar surface area (TPSA) is 75.6 Å². The number of carbonyl (C=O) groups excluding carboxylic acids is 1. The van der Waals surface area contributed by atoms with Gasteiger partial charge in [-0.25, -0.2) is 4.79 Å². The van der Waals surface area contributed by atoms with Crippen LogP contribution < -0.4 is 14.8 Å². The van der Waals surface area contributed by atoms with Crippen LogP contribution in [-0.4, -0.2) is 73.4 Å². The van der Waals surface area contributed by atoms with Crippen molar-refractivity contribution in [1.29, 1.82) is 0 Å². The highest BCUT2D eigenvalue weighted by molar-refractivity contribution is 5.82. The zero-order chi connectivity index (χ0) is 21.9. The summed E-state index contributed by atoms with van der Waals surface area (Å²) in [5, 5.41) is 3.25. The number of piperazine rings is 1. The van der Waals surface area contributed by atoms with Gasteiger partial charge in [0, 0.05) is 26.2 Å². The van der Waals surface area contributed by atoms with Crippen molar-refractivity contribution in [3.8, 4) is 11.5 Å². The number of rotatable bonds is 5. The van der Waals surface area contributed by atoms with E-state index in [-0.39, 0.29) is 23.6 Å². The van der Waals surface area contributed by atoms with Crippen molar-refractivity contribution in [3.05, 3.63) is 23.8 Å². The molecule has 3 rings (SSSR count). The third kappa shape index (κ3) is 5.43. The molecule has 10 heteroatoms. The molecule has 2 aliphatic heterocycles. The number of fused-ring (bicyclic) bond motifs is 1. The molecule has 0 bridgehead atoms. The van der Waals surface area contributed by atoms with Crippen LogP contribution >= 0.6 is 0 Å². The second-order valence-corrected chi connectivity index (χ2v) is 8.16. The van der Waals surface area contributed by atoms with Gasteiger partial charge in [0.1, 0.15) is 5.60 Å². The van der Waals surface area contributed by atoms with Crippen molar-refractivity contribution in [2.45, 2.75) is 45.6 Å². The molecule has 0 saturated carbocycles. The summed E-state index contributed by atoms with van der Waals surface area (Å²) < 4.78 is 40.3. The van der Waals surface area contributed by atoms with Crippen molar-refractivity contribution < 1.29 is 27.8 Å². The van der Waals surface area contributed by atoms with Crippen LogP contribution in [0.5, 0.6) is 11.5 Å². The van der Waals surface area contributed by atoms with Crippen LogP contribution in [0.3, 0.4) is 0 Å². The van der Waals surface area contributed by atoms with E-state index in [2.05, 4.69) is 19.9 Å². The molecule has 0 spiro atoms. The molecule has 0 aromatic heterocycles. The van der Waals surface area contributed by atoms with Crippen LogP contribution in [0.2, 0.25) is 0 Å². The van der Waals surface area contributed by atoms with Gasteiger partial charge in [-0.05, 0) is 38.5 Å². The minimum Gasteiger partial charge on any atom is -0.493 e. The monoisotopic (exact) mass is 426 g/mol. The molecule has 1 unspecified atom stereocenters. The average molecular weight is 426 g/mol. The van der Waals surface area contributed by atoms with Gasteiger partial charge in [-0.15, -0.1) is 0 Å². The average Bonchev–Trinajstić information content (AvgIpc) is 3.07. The van der Waals surface area contributed by atoms with E-state index in [0.29, 0.717) is 32.7 Å². The van der Waals surface area contributed by atoms with E-state index in [4.69, 9.17) is 9.47 Å². The van der Waals surface area contributed by atoms with Crippen molar-refractivity contribution in [3.63, 3.8) is 0 Å². The van der Waals surface area contributed by atoms with Crippen LogP contribution in [-0.2, 0) is 11.3 Å². The predicted molar refractivity (Wildman–Crippen MR) is 107 cm³/mol. The maximum atomic E-state index is 12.6. The summed E-state index contributed by atoms with van der Waals surface area (Å²) in [5.74, 6) is 0.968. The Kier molecular flexibility index (Phi) is 6.52. The van der Waals surface area contributed by atoms with Gasteiger partial charge >= 0.3 is 12.7 Å². The van der Waals surface area contributed by atoms with Gasteiger partial charge in [-0.1, -0.05) is 6.07 Å². The van der Waals surface area contributed by atoms with Crippen molar-refractivity contribution >= 4 is 12.1 Å². The summed E-state index contributed by atoms with van der Waals surface area (Å²) in [7, 11) is 1.40. The second-order valence-electron chi connectivity index (χ2n) is 8.16. The van der Waals surface area contributed by atoms with Crippen molar-refractivity contribution in [2.75, 3.05) is 33.3 Å². The first-order valence-corrected chi connectivity index (χ1v) is 9.81. The fraction of sp³-hybridized carbons (Fsp3) is 0.600. The largest absolute Gasteiger partial charge is 0.493 e. The molecule has 30 heavy (non-hydrogen) atoms. The Hall–Kier alpha value is -2.78. The van der Waals surface area contributed by atoms with E-state index < -0.39 is 12.2 Å². The number of aliphatic imine (C=N–C) groups is 1. The van der Waals surface area contributed by atoms with Gasteiger partial charge in [0.15, 0.2) is 17.5 Å². The molecular formula is C20H28F2N4O4. The lowest BCUT2D eigenvalue weighted by molar-refractivity contribution is -0.0512. The molecule has 0 aliphatic carbocycles. The Bertz CT molecular complexity index is 798. The Morgan fingerprint density at radius 3 is 2.73 bits per heavy atom. The van der Waals surface area contributed by atoms with Crippen LogP contribution in [0.15, 0.2) is 23.2 Å². The number of hydrogen-bond donors (Lipinski definition) is 1. The second kappa shape index (κ2) is 8.93. The maximum absolute atomic E-state index is 12.6. The van der Waals surface area contributed by atoms with Gasteiger partial charge in [-0.2, -0.15) is 8.78 Å². The predicted octanol–water partition coefficient (Wildman–Crippen LogP) is 2.68. The number of alkyl halides is 2. The minimum absolute atomic E-state index is 0.0102. The first kappa shape index (κ1) is 21.9. The maximum Gasteiger partial charge on any atom is 0.410 e. The number of nitrogens with zero attached hydrogens (tertiary/aromatic N) is 3. The number of guanidine groups is 1. The van der Waals surface area contributed by atoms with Crippen LogP contribution in [0, 0.1) is 0 Å². The Balaban J connectivity index is 1.56. The minimum atomic E-state index is -2.93. The molecule has 1 aromatic rings. The molecule has 1 atom stereocenters. The molecule has 8 nitrogen and oxygen atoms in total. The van der Waals surface area contributed by atoms with E-state index in [1.165, 1.54) is 13.2 Å². The van der Waals surface area contributed by atoms with Gasteiger partial charge in [0.2, 0.25) is 0 Å². The fourth-order valence-corrected chi connectivity index (χ4v) is 3.42. The van der Waals surface area contributed by atoms with E-state index >= 15 is 0 Å². The lowest BCUT2D eigenvalue weighted by Crippen LogP contribution is -2.57. The van der Waals surface area contributed by atoms with E-state index in [0.717, 1.165) is 11.5 Å². The van der Waals surface area contributed by atoms with Crippen molar-refractivity contribution in [1.82, 2.24) is 15.1 Å². The first-order valence-electron chi connectivity index (χ1n) is 9.81. The summed E-state index contributed by atoms with van der Waals surface area (Å²) in [5.41, 5.74) is 0.225. The van der Waals surface area contributed by atoms with Gasteiger partial charge in [0.25, 0.3) is 0 Å². The number of methoxy groups -OCH3 is 1. The van der Waals surface area contributed by atoms with Gasteiger partial charge in [-0.3, -0.25) is 4.99 Å². The highest BCUT2D eigenvalue weighted by atomic mass is 19.3. The third-order valence-electron chi connectivity index (χ3n) is 4.75. The third-order valence-corrected chi connectivity index (χ3v) is 4.75. The van der Waals surface area contributed by atoms with Crippen molar-refractivity contribution in [2.24, 2.45) is 4.99 Å². The molecule has 1 fully saturated rings. The van der Waals surface area contributed by atoms with E-state index in [1.807, 2.05) is 20.8 Å². The Labute approximate surface area is 174 Å². The van der Waals surface area contributed by atoms with Crippen LogP contribution in [0.25, 0.3) is 0 Å². The molecule has 1 aromatic carbocycles. The van der Waals surface area contributed by atoms with Gasteiger partial charge in [0.05, 0.1) is 19.7 Å². The number of hydrogen-bond acceptors (Lipinski definition) is 7. The van der Waals surface area contributed by atoms with Gasteiger partial charge < -0.3 is 29.3 Å². The zero-order valence-corrected chi connectivity index (χ0v) is 17.7. The molecule has 0 radical (unpaired) electrons. The summed E-state index contributed by atoms with van der Waals surface area (Å²) in [6, 6.07) is 4.97. The Morgan fingerprint density at radius 1 is 1.30 bits per heavy atom. The standard InChI is InChI=1S/C20H28F2N4O4/c1-20(2,3)30-19(27)25-7-8-26-14(12-25)11-24-18(26)23-10-13-5-6-15(28-4)16(9-13)29-17(21)22/h5-6,9,14,17H,7-8,10-12H2,1-4H3,(H,23,24). The van der Waals surface area contributed by atoms with E-state index in [1.54, 1.807) is 17.0 Å². The number of halogens is 2. The van der Waals surface area contributed by atoms with Crippen LogP contribution in [0.4, 0.5) is 13.6 Å².